The predicted octanol–water partition coefficient (Wildman–Crippen LogP) is 16.7. The molecule has 0 atom stereocenters. The number of fused-ring (bicyclic) bond motifs is 14. The van der Waals surface area contributed by atoms with Crippen LogP contribution in [0.5, 0.6) is 0 Å². The summed E-state index contributed by atoms with van der Waals surface area (Å²) < 4.78 is 0.851. The van der Waals surface area contributed by atoms with Gasteiger partial charge in [-0.15, -0.1) is 0 Å². The molecule has 0 saturated carbocycles. The van der Waals surface area contributed by atoms with E-state index in [-0.39, 0.29) is 38.6 Å². The molecule has 1 nitrogen and oxygen atoms in total. The van der Waals surface area contributed by atoms with E-state index in [1.807, 2.05) is 0 Å². The summed E-state index contributed by atoms with van der Waals surface area (Å²) in [6.07, 6.45) is 0. The van der Waals surface area contributed by atoms with Crippen LogP contribution in [0.2, 0.25) is 0 Å². The van der Waals surface area contributed by atoms with Crippen molar-refractivity contribution in [2.45, 2.75) is 131 Å². The summed E-state index contributed by atoms with van der Waals surface area (Å²) in [5, 5.41) is 10.5. The second-order valence-electron chi connectivity index (χ2n) is 26.2. The lowest BCUT2D eigenvalue weighted by molar-refractivity contribution is -0.977. The van der Waals surface area contributed by atoms with Crippen LogP contribution in [-0.4, -0.2) is 4.48 Å². The molecular formula is C72H72BrN. The largest absolute Gasteiger partial charge is 1.00 e. The summed E-state index contributed by atoms with van der Waals surface area (Å²) in [5.74, 6) is 0. The lowest BCUT2D eigenvalue weighted by Gasteiger charge is -2.39. The second-order valence-corrected chi connectivity index (χ2v) is 26.2. The van der Waals surface area contributed by atoms with Crippen LogP contribution < -0.4 is 17.0 Å². The Morgan fingerprint density at radius 1 is 0.297 bits per heavy atom. The van der Waals surface area contributed by atoms with Gasteiger partial charge in [0.1, 0.15) is 26.2 Å². The number of hydrogen-bond donors (Lipinski definition) is 0. The Balaban J connectivity index is 0.00000588. The van der Waals surface area contributed by atoms with Crippen molar-refractivity contribution in [2.24, 2.45) is 0 Å². The third kappa shape index (κ3) is 8.51. The van der Waals surface area contributed by atoms with Crippen molar-refractivity contribution in [2.75, 3.05) is 0 Å². The smallest absolute Gasteiger partial charge is 0.106 e. The Bertz CT molecular complexity index is 3570. The zero-order valence-electron chi connectivity index (χ0n) is 45.8. The molecule has 372 valence electrons. The Labute approximate surface area is 451 Å². The minimum atomic E-state index is -0.0352. The standard InChI is InChI=1S/C72H72N.BrH/c1-69(2,3)53-33-51(34-54(39-53)70(4,5)6)61-37-47-23-15-19-27-59(47)67-63(61)43-73(41-49-31-29-45-21-13-17-25-57(45)65(49)66-50(42-73)32-30-46-22-14-18-26-58(46)66)44-64-62(38-48-24-16-20-28-60(48)68(64)67)52-35-55(71(7,8)9)40-56(36-52)72(10,11)12;/h13-40H,41-44H2,1-12H3;1H/q+1;/p-1. The van der Waals surface area contributed by atoms with E-state index < -0.39 is 0 Å². The molecule has 74 heavy (non-hydrogen) atoms. The SMILES string of the molecule is CC(C)(C)c1cc(-c2cc3ccccc3c3c2C[N+]2(Cc4ccc5ccccc5c4-c4c(ccc5ccccc45)C2)Cc2c(-c4cc(C(C)(C)C)cc(C(C)(C)C)c4)cc4ccccc4c2-3)cc(C(C)(C)C)c1.[Br-]. The monoisotopic (exact) mass is 1030 g/mol. The van der Waals surface area contributed by atoms with Crippen LogP contribution in [0.3, 0.4) is 0 Å². The molecule has 0 aliphatic carbocycles. The first-order valence-corrected chi connectivity index (χ1v) is 26.9. The molecule has 0 unspecified atom stereocenters. The van der Waals surface area contributed by atoms with E-state index in [4.69, 9.17) is 0 Å². The number of hydrogen-bond acceptors (Lipinski definition) is 0. The summed E-state index contributed by atoms with van der Waals surface area (Å²) >= 11 is 0. The summed E-state index contributed by atoms with van der Waals surface area (Å²) in [4.78, 5) is 0. The van der Waals surface area contributed by atoms with Crippen molar-refractivity contribution in [3.05, 3.63) is 214 Å². The van der Waals surface area contributed by atoms with Gasteiger partial charge in [0.05, 0.1) is 0 Å². The highest BCUT2D eigenvalue weighted by molar-refractivity contribution is 6.12. The number of benzene rings is 10. The van der Waals surface area contributed by atoms with Gasteiger partial charge in [0.15, 0.2) is 0 Å². The maximum Gasteiger partial charge on any atom is 0.106 e. The van der Waals surface area contributed by atoms with E-state index in [1.165, 1.54) is 132 Å². The van der Waals surface area contributed by atoms with Crippen LogP contribution in [0.1, 0.15) is 128 Å². The number of nitrogens with zero attached hydrogens (tertiary/aromatic N) is 1. The zero-order valence-corrected chi connectivity index (χ0v) is 47.4. The first kappa shape index (κ1) is 49.9. The molecule has 0 N–H and O–H groups in total. The zero-order chi connectivity index (χ0) is 51.0. The Morgan fingerprint density at radius 2 is 0.595 bits per heavy atom. The highest BCUT2D eigenvalue weighted by atomic mass is 79.9. The summed E-state index contributed by atoms with van der Waals surface area (Å²) in [6, 6.07) is 66.9. The van der Waals surface area contributed by atoms with Gasteiger partial charge in [-0.05, 0) is 133 Å². The quantitative estimate of drug-likeness (QED) is 0.151. The van der Waals surface area contributed by atoms with Crippen molar-refractivity contribution >= 4 is 43.1 Å². The highest BCUT2D eigenvalue weighted by Crippen LogP contribution is 2.54. The number of halogens is 1. The van der Waals surface area contributed by atoms with Crippen molar-refractivity contribution < 1.29 is 21.5 Å². The maximum atomic E-state index is 2.57. The molecule has 1 spiro atoms. The average molecular weight is 1030 g/mol. The van der Waals surface area contributed by atoms with Gasteiger partial charge in [-0.25, -0.2) is 0 Å². The topological polar surface area (TPSA) is 0 Å². The van der Waals surface area contributed by atoms with Crippen molar-refractivity contribution in [1.29, 1.82) is 0 Å². The summed E-state index contributed by atoms with van der Waals surface area (Å²) in [7, 11) is 0. The molecule has 0 bridgehead atoms. The van der Waals surface area contributed by atoms with Gasteiger partial charge in [-0.1, -0.05) is 241 Å². The van der Waals surface area contributed by atoms with Gasteiger partial charge in [0.2, 0.25) is 0 Å². The maximum absolute atomic E-state index is 2.57. The summed E-state index contributed by atoms with van der Waals surface area (Å²) in [6.45, 7) is 32.1. The lowest BCUT2D eigenvalue weighted by atomic mass is 9.76. The molecule has 10 aromatic rings. The molecule has 2 heterocycles. The lowest BCUT2D eigenvalue weighted by Crippen LogP contribution is -3.00. The number of rotatable bonds is 2. The Kier molecular flexibility index (Phi) is 11.9. The van der Waals surface area contributed by atoms with Gasteiger partial charge in [0, 0.05) is 33.4 Å². The van der Waals surface area contributed by atoms with Crippen molar-refractivity contribution in [1.82, 2.24) is 0 Å². The van der Waals surface area contributed by atoms with Crippen LogP contribution in [0.15, 0.2) is 170 Å². The fraction of sp³-hybridized carbons (Fsp3) is 0.278. The molecule has 2 aliphatic rings. The van der Waals surface area contributed by atoms with Gasteiger partial charge >= 0.3 is 0 Å². The van der Waals surface area contributed by atoms with Crippen LogP contribution in [-0.2, 0) is 47.8 Å². The third-order valence-corrected chi connectivity index (χ3v) is 16.8. The van der Waals surface area contributed by atoms with E-state index in [1.54, 1.807) is 0 Å². The van der Waals surface area contributed by atoms with Crippen LogP contribution in [0.4, 0.5) is 0 Å². The molecule has 0 amide bonds. The normalized spacial score (nSPS) is 14.5. The van der Waals surface area contributed by atoms with Gasteiger partial charge in [0.25, 0.3) is 0 Å². The number of quaternary nitrogens is 1. The molecule has 2 aliphatic heterocycles. The van der Waals surface area contributed by atoms with Gasteiger partial charge in [-0.3, -0.25) is 0 Å². The van der Waals surface area contributed by atoms with Crippen LogP contribution in [0.25, 0.3) is 87.6 Å². The molecule has 0 radical (unpaired) electrons. The predicted molar refractivity (Wildman–Crippen MR) is 315 cm³/mol. The van der Waals surface area contributed by atoms with E-state index in [9.17, 15) is 0 Å². The summed E-state index contributed by atoms with van der Waals surface area (Å²) in [5.41, 5.74) is 22.1. The minimum Gasteiger partial charge on any atom is -1.00 e. The first-order chi connectivity index (χ1) is 34.6. The first-order valence-electron chi connectivity index (χ1n) is 26.9. The van der Waals surface area contributed by atoms with Gasteiger partial charge in [-0.2, -0.15) is 0 Å². The van der Waals surface area contributed by atoms with Gasteiger partial charge < -0.3 is 21.5 Å². The molecular weight excluding hydrogens is 959 g/mol. The minimum absolute atomic E-state index is 0. The Morgan fingerprint density at radius 3 is 0.919 bits per heavy atom. The third-order valence-electron chi connectivity index (χ3n) is 16.8. The van der Waals surface area contributed by atoms with Crippen LogP contribution >= 0.6 is 0 Å². The molecule has 12 rings (SSSR count). The molecule has 0 saturated heterocycles. The van der Waals surface area contributed by atoms with E-state index >= 15 is 0 Å². The van der Waals surface area contributed by atoms with Crippen LogP contribution in [0, 0.1) is 0 Å². The van der Waals surface area contributed by atoms with E-state index in [0.29, 0.717) is 0 Å². The van der Waals surface area contributed by atoms with E-state index in [0.717, 1.165) is 30.7 Å². The Hall–Kier alpha value is -6.32. The van der Waals surface area contributed by atoms with Crippen molar-refractivity contribution in [3.63, 3.8) is 0 Å². The fourth-order valence-corrected chi connectivity index (χ4v) is 12.7. The van der Waals surface area contributed by atoms with E-state index in [2.05, 4.69) is 253 Å². The van der Waals surface area contributed by atoms with Crippen molar-refractivity contribution in [3.8, 4) is 44.5 Å². The highest BCUT2D eigenvalue weighted by Gasteiger charge is 2.42. The average Bonchev–Trinajstić information content (AvgIpc) is 3.59. The fourth-order valence-electron chi connectivity index (χ4n) is 12.7. The molecule has 10 aromatic carbocycles. The molecule has 0 fully saturated rings. The second kappa shape index (κ2) is 17.6. The molecule has 0 aromatic heterocycles. The molecule has 2 heteroatoms.